The number of hydrogen-bond acceptors (Lipinski definition) is 3. The molecular formula is C51H37N4P. The molecule has 7 aromatic carbocycles. The number of aromatic nitrogens is 3. The molecule has 0 fully saturated rings. The van der Waals surface area contributed by atoms with Crippen molar-refractivity contribution in [3.63, 3.8) is 0 Å². The fraction of sp³-hybridized carbons (Fsp3) is 0.0784. The third-order valence-corrected chi connectivity index (χ3v) is 11.7. The van der Waals surface area contributed by atoms with Crippen LogP contribution in [0.2, 0.25) is 0 Å². The van der Waals surface area contributed by atoms with E-state index in [0.717, 1.165) is 61.2 Å². The average molecular weight is 737 g/mol. The first-order valence-electron chi connectivity index (χ1n) is 18.9. The zero-order chi connectivity index (χ0) is 38.1. The Bertz CT molecular complexity index is 3060. The van der Waals surface area contributed by atoms with Gasteiger partial charge in [0.2, 0.25) is 0 Å². The molecule has 1 aliphatic carbocycles. The molecule has 5 heteroatoms. The van der Waals surface area contributed by atoms with Gasteiger partial charge in [-0.2, -0.15) is 5.26 Å². The molecule has 2 aromatic heterocycles. The van der Waals surface area contributed by atoms with Crippen molar-refractivity contribution in [3.05, 3.63) is 180 Å². The smallest absolute Gasteiger partial charge is 0.160 e. The maximum Gasteiger partial charge on any atom is 0.160 e. The van der Waals surface area contributed by atoms with E-state index in [0.29, 0.717) is 11.4 Å². The van der Waals surface area contributed by atoms with Crippen LogP contribution in [0, 0.1) is 18.3 Å². The second-order valence-electron chi connectivity index (χ2n) is 15.2. The molecule has 0 saturated heterocycles. The molecular weight excluding hydrogens is 700 g/mol. The van der Waals surface area contributed by atoms with Crippen molar-refractivity contribution in [2.45, 2.75) is 26.2 Å². The maximum atomic E-state index is 9.81. The predicted molar refractivity (Wildman–Crippen MR) is 234 cm³/mol. The molecule has 0 saturated carbocycles. The van der Waals surface area contributed by atoms with Gasteiger partial charge >= 0.3 is 0 Å². The van der Waals surface area contributed by atoms with E-state index in [1.54, 1.807) is 0 Å². The molecule has 0 aliphatic heterocycles. The van der Waals surface area contributed by atoms with Gasteiger partial charge in [-0.05, 0) is 82.8 Å². The fourth-order valence-corrected chi connectivity index (χ4v) is 9.10. The van der Waals surface area contributed by atoms with Crippen molar-refractivity contribution in [2.24, 2.45) is 0 Å². The normalized spacial score (nSPS) is 12.8. The minimum atomic E-state index is -0.195. The highest BCUT2D eigenvalue weighted by molar-refractivity contribution is 7.26. The first-order valence-corrected chi connectivity index (χ1v) is 19.5. The lowest BCUT2D eigenvalue weighted by molar-refractivity contribution is 0.666. The molecule has 0 radical (unpaired) electrons. The van der Waals surface area contributed by atoms with Crippen LogP contribution in [0.15, 0.2) is 158 Å². The summed E-state index contributed by atoms with van der Waals surface area (Å²) < 4.78 is 2.48. The second-order valence-corrected chi connectivity index (χ2v) is 15.8. The van der Waals surface area contributed by atoms with Gasteiger partial charge < -0.3 is 4.57 Å². The van der Waals surface area contributed by atoms with E-state index >= 15 is 0 Å². The molecule has 0 N–H and O–H groups in total. The number of aryl methyl sites for hydroxylation is 1. The Labute approximate surface area is 329 Å². The number of benzene rings is 7. The van der Waals surface area contributed by atoms with E-state index < -0.39 is 0 Å². The Morgan fingerprint density at radius 3 is 1.98 bits per heavy atom. The van der Waals surface area contributed by atoms with E-state index in [9.17, 15) is 5.26 Å². The van der Waals surface area contributed by atoms with Gasteiger partial charge in [0.25, 0.3) is 0 Å². The Balaban J connectivity index is 1.34. The minimum Gasteiger partial charge on any atom is -0.308 e. The summed E-state index contributed by atoms with van der Waals surface area (Å²) >= 11 is 0. The van der Waals surface area contributed by atoms with Gasteiger partial charge in [0, 0.05) is 38.4 Å². The number of rotatable bonds is 5. The van der Waals surface area contributed by atoms with E-state index in [2.05, 4.69) is 150 Å². The monoisotopic (exact) mass is 736 g/mol. The van der Waals surface area contributed by atoms with Gasteiger partial charge in [-0.1, -0.05) is 144 Å². The van der Waals surface area contributed by atoms with Crippen LogP contribution in [-0.2, 0) is 5.41 Å². The number of nitrogens with zero attached hydrogens (tertiary/aromatic N) is 4. The summed E-state index contributed by atoms with van der Waals surface area (Å²) in [4.78, 5) is 10.00. The minimum absolute atomic E-state index is 0.195. The zero-order valence-electron chi connectivity index (χ0n) is 31.4. The molecule has 9 aromatic rings. The van der Waals surface area contributed by atoms with E-state index in [1.807, 2.05) is 48.5 Å². The van der Waals surface area contributed by atoms with Crippen molar-refractivity contribution in [2.75, 3.05) is 0 Å². The molecule has 10 rings (SSSR count). The van der Waals surface area contributed by atoms with E-state index in [-0.39, 0.29) is 5.41 Å². The molecule has 0 amide bonds. The van der Waals surface area contributed by atoms with Gasteiger partial charge in [-0.3, -0.25) is 0 Å². The Kier molecular flexibility index (Phi) is 7.85. The zero-order valence-corrected chi connectivity index (χ0v) is 32.5. The molecule has 1 unspecified atom stereocenters. The fourth-order valence-electron chi connectivity index (χ4n) is 8.82. The van der Waals surface area contributed by atoms with Gasteiger partial charge in [-0.25, -0.2) is 9.97 Å². The lowest BCUT2D eigenvalue weighted by Gasteiger charge is -2.23. The number of hydrogen-bond donors (Lipinski definition) is 0. The molecule has 0 spiro atoms. The molecule has 0 bridgehead atoms. The summed E-state index contributed by atoms with van der Waals surface area (Å²) in [5.74, 6) is 0.675. The SMILES string of the molecule is Cc1ccc(-c2cc(-c3cc(P)nc(-c4ccccc4)n3)cc(-c3ccc(C#N)cc3)c2-n2c3ccccc3c3c4c(ccc32)-c2ccccc2C4(C)C)cc1. The first-order chi connectivity index (χ1) is 27.3. The lowest BCUT2D eigenvalue weighted by atomic mass is 9.80. The topological polar surface area (TPSA) is 54.5 Å². The van der Waals surface area contributed by atoms with Crippen LogP contribution in [-0.4, -0.2) is 14.5 Å². The molecule has 2 heterocycles. The van der Waals surface area contributed by atoms with Gasteiger partial charge in [-0.15, -0.1) is 0 Å². The summed E-state index contributed by atoms with van der Waals surface area (Å²) in [6.07, 6.45) is 0. The summed E-state index contributed by atoms with van der Waals surface area (Å²) in [5, 5.41) is 12.3. The van der Waals surface area contributed by atoms with E-state index in [1.165, 1.54) is 38.6 Å². The van der Waals surface area contributed by atoms with Crippen LogP contribution < -0.4 is 5.44 Å². The quantitative estimate of drug-likeness (QED) is 0.165. The summed E-state index contributed by atoms with van der Waals surface area (Å²) in [5.41, 5.74) is 18.1. The average Bonchev–Trinajstić information content (AvgIpc) is 3.69. The highest BCUT2D eigenvalue weighted by Gasteiger charge is 2.38. The third-order valence-electron chi connectivity index (χ3n) is 11.4. The summed E-state index contributed by atoms with van der Waals surface area (Å²) in [7, 11) is 2.78. The molecule has 4 nitrogen and oxygen atoms in total. The predicted octanol–water partition coefficient (Wildman–Crippen LogP) is 12.2. The largest absolute Gasteiger partial charge is 0.308 e. The molecule has 56 heavy (non-hydrogen) atoms. The van der Waals surface area contributed by atoms with Crippen LogP contribution in [0.1, 0.15) is 36.1 Å². The number of para-hydroxylation sites is 1. The van der Waals surface area contributed by atoms with Crippen LogP contribution in [0.5, 0.6) is 0 Å². The van der Waals surface area contributed by atoms with Crippen LogP contribution >= 0.6 is 9.24 Å². The van der Waals surface area contributed by atoms with Gasteiger partial charge in [0.1, 0.15) is 0 Å². The Morgan fingerprint density at radius 2 is 1.25 bits per heavy atom. The molecule has 1 aliphatic rings. The Morgan fingerprint density at radius 1 is 0.589 bits per heavy atom. The van der Waals surface area contributed by atoms with Crippen LogP contribution in [0.4, 0.5) is 0 Å². The standard InChI is InChI=1S/C51H37N4P/c1-31-17-21-33(22-18-31)40-27-36(43-29-46(56)54-50(53-43)35-11-5-4-6-12-35)28-41(34-23-19-32(30-52)20-24-34)49(40)55-44-16-10-8-14-39(44)47-45(55)26-25-38-37-13-7-9-15-42(37)51(2,3)48(38)47/h4-29H,56H2,1-3H3. The number of fused-ring (bicyclic) bond motifs is 7. The Hall–Kier alpha value is -6.66. The highest BCUT2D eigenvalue weighted by atomic mass is 31.0. The van der Waals surface area contributed by atoms with E-state index in [4.69, 9.17) is 9.97 Å². The summed E-state index contributed by atoms with van der Waals surface area (Å²) in [6.45, 7) is 6.86. The van der Waals surface area contributed by atoms with Crippen LogP contribution in [0.3, 0.4) is 0 Å². The van der Waals surface area contributed by atoms with Crippen molar-refractivity contribution < 1.29 is 0 Å². The third kappa shape index (κ3) is 5.31. The highest BCUT2D eigenvalue weighted by Crippen LogP contribution is 2.54. The van der Waals surface area contributed by atoms with Crippen LogP contribution in [0.25, 0.3) is 83.5 Å². The van der Waals surface area contributed by atoms with Crippen molar-refractivity contribution in [3.8, 4) is 67.8 Å². The summed E-state index contributed by atoms with van der Waals surface area (Å²) in [6, 6.07) is 58.2. The van der Waals surface area contributed by atoms with Crippen molar-refractivity contribution >= 4 is 36.5 Å². The lowest BCUT2D eigenvalue weighted by Crippen LogP contribution is -2.15. The molecule has 1 atom stereocenters. The first kappa shape index (κ1) is 33.9. The van der Waals surface area contributed by atoms with Gasteiger partial charge in [0.15, 0.2) is 5.82 Å². The maximum absolute atomic E-state index is 9.81. The van der Waals surface area contributed by atoms with Crippen molar-refractivity contribution in [1.82, 2.24) is 14.5 Å². The number of nitriles is 1. The molecule has 266 valence electrons. The van der Waals surface area contributed by atoms with Crippen molar-refractivity contribution in [1.29, 1.82) is 5.26 Å². The second kappa shape index (κ2) is 13.0. The van der Waals surface area contributed by atoms with Gasteiger partial charge in [0.05, 0.1) is 39.5 Å².